The molecule has 0 saturated heterocycles. The van der Waals surface area contributed by atoms with Crippen molar-refractivity contribution in [3.05, 3.63) is 58.7 Å². The van der Waals surface area contributed by atoms with Gasteiger partial charge in [-0.2, -0.15) is 0 Å². The van der Waals surface area contributed by atoms with Crippen molar-refractivity contribution in [3.63, 3.8) is 0 Å². The van der Waals surface area contributed by atoms with Crippen LogP contribution in [0, 0.1) is 0 Å². The van der Waals surface area contributed by atoms with E-state index in [-0.39, 0.29) is 11.9 Å². The number of nitrogens with one attached hydrogen (secondary N) is 2. The van der Waals surface area contributed by atoms with Crippen molar-refractivity contribution in [1.29, 1.82) is 0 Å². The van der Waals surface area contributed by atoms with Crippen molar-refractivity contribution in [2.75, 3.05) is 12.4 Å². The predicted molar refractivity (Wildman–Crippen MR) is 85.9 cm³/mol. The second-order valence-electron chi connectivity index (χ2n) is 4.86. The maximum absolute atomic E-state index is 12.3. The number of aromatic nitrogens is 1. The molecule has 0 bridgehead atoms. The maximum Gasteiger partial charge on any atom is 0.253 e. The Hall–Kier alpha value is -2.07. The number of anilines is 1. The lowest BCUT2D eigenvalue weighted by atomic mass is 10.1. The molecule has 0 spiro atoms. The average molecular weight is 304 g/mol. The fraction of sp³-hybridized carbons (Fsp3) is 0.250. The van der Waals surface area contributed by atoms with Gasteiger partial charge in [-0.05, 0) is 25.0 Å². The number of hydrogen-bond donors (Lipinski definition) is 2. The smallest absolute Gasteiger partial charge is 0.253 e. The van der Waals surface area contributed by atoms with E-state index in [1.807, 2.05) is 37.3 Å². The van der Waals surface area contributed by atoms with Crippen LogP contribution in [0.2, 0.25) is 5.02 Å². The van der Waals surface area contributed by atoms with Gasteiger partial charge < -0.3 is 10.6 Å². The highest BCUT2D eigenvalue weighted by Gasteiger charge is 2.14. The third-order valence-corrected chi connectivity index (χ3v) is 3.42. The Balaban J connectivity index is 2.04. The molecule has 5 heteroatoms. The highest BCUT2D eigenvalue weighted by molar-refractivity contribution is 6.33. The van der Waals surface area contributed by atoms with Gasteiger partial charge in [-0.15, -0.1) is 0 Å². The zero-order chi connectivity index (χ0) is 15.2. The summed E-state index contributed by atoms with van der Waals surface area (Å²) in [6.07, 6.45) is 2.25. The second kappa shape index (κ2) is 7.09. The molecule has 1 atom stereocenters. The van der Waals surface area contributed by atoms with Crippen molar-refractivity contribution in [2.24, 2.45) is 0 Å². The first kappa shape index (κ1) is 15.3. The van der Waals surface area contributed by atoms with Crippen LogP contribution < -0.4 is 10.6 Å². The predicted octanol–water partition coefficient (Wildman–Crippen LogP) is 3.14. The van der Waals surface area contributed by atoms with Crippen molar-refractivity contribution >= 4 is 23.3 Å². The van der Waals surface area contributed by atoms with E-state index in [2.05, 4.69) is 15.6 Å². The highest BCUT2D eigenvalue weighted by Crippen LogP contribution is 2.18. The van der Waals surface area contributed by atoms with Gasteiger partial charge in [-0.1, -0.05) is 41.9 Å². The van der Waals surface area contributed by atoms with Gasteiger partial charge in [-0.25, -0.2) is 4.98 Å². The molecular weight excluding hydrogens is 286 g/mol. The highest BCUT2D eigenvalue weighted by atomic mass is 35.5. The van der Waals surface area contributed by atoms with Gasteiger partial charge in [0.25, 0.3) is 5.91 Å². The molecule has 0 saturated carbocycles. The number of halogens is 1. The van der Waals surface area contributed by atoms with Gasteiger partial charge in [0.1, 0.15) is 5.82 Å². The zero-order valence-electron chi connectivity index (χ0n) is 12.1. The summed E-state index contributed by atoms with van der Waals surface area (Å²) in [6, 6.07) is 11.7. The van der Waals surface area contributed by atoms with E-state index in [4.69, 9.17) is 11.6 Å². The molecule has 2 aromatic rings. The van der Waals surface area contributed by atoms with E-state index >= 15 is 0 Å². The topological polar surface area (TPSA) is 54.0 Å². The summed E-state index contributed by atoms with van der Waals surface area (Å²) < 4.78 is 0. The normalized spacial score (nSPS) is 11.8. The molecule has 1 aromatic heterocycles. The molecule has 110 valence electrons. The summed E-state index contributed by atoms with van der Waals surface area (Å²) in [5.41, 5.74) is 1.61. The van der Waals surface area contributed by atoms with Crippen LogP contribution in [-0.4, -0.2) is 24.0 Å². The Morgan fingerprint density at radius 3 is 2.71 bits per heavy atom. The maximum atomic E-state index is 12.3. The molecule has 0 aliphatic carbocycles. The van der Waals surface area contributed by atoms with E-state index in [0.717, 1.165) is 6.42 Å². The Labute approximate surface area is 129 Å². The monoisotopic (exact) mass is 303 g/mol. The average Bonchev–Trinajstić information content (AvgIpc) is 2.48. The summed E-state index contributed by atoms with van der Waals surface area (Å²) in [5.74, 6) is 0.419. The molecule has 0 aliphatic rings. The number of amides is 1. The minimum absolute atomic E-state index is 0.0159. The minimum atomic E-state index is -0.192. The molecule has 1 unspecified atom stereocenters. The lowest BCUT2D eigenvalue weighted by Crippen LogP contribution is -2.34. The van der Waals surface area contributed by atoms with Gasteiger partial charge in [0.2, 0.25) is 0 Å². The van der Waals surface area contributed by atoms with Crippen LogP contribution >= 0.6 is 11.6 Å². The molecular formula is C16H18ClN3O. The van der Waals surface area contributed by atoms with Gasteiger partial charge in [0.15, 0.2) is 0 Å². The Morgan fingerprint density at radius 2 is 2.05 bits per heavy atom. The fourth-order valence-corrected chi connectivity index (χ4v) is 2.26. The standard InChI is InChI=1S/C16H18ClN3O/c1-11(8-12-6-4-3-5-7-12)20-16(21)13-9-15(18-2)19-10-14(13)17/h3-7,9-11H,8H2,1-2H3,(H,18,19)(H,20,21). The number of nitrogens with zero attached hydrogens (tertiary/aromatic N) is 1. The summed E-state index contributed by atoms with van der Waals surface area (Å²) in [4.78, 5) is 16.3. The van der Waals surface area contributed by atoms with E-state index in [0.29, 0.717) is 16.4 Å². The molecule has 2 rings (SSSR count). The quantitative estimate of drug-likeness (QED) is 0.892. The molecule has 0 fully saturated rings. The van der Waals surface area contributed by atoms with E-state index in [9.17, 15) is 4.79 Å². The number of benzene rings is 1. The number of carbonyl (C=O) groups excluding carboxylic acids is 1. The number of rotatable bonds is 5. The zero-order valence-corrected chi connectivity index (χ0v) is 12.8. The summed E-state index contributed by atoms with van der Waals surface area (Å²) in [7, 11) is 1.75. The minimum Gasteiger partial charge on any atom is -0.373 e. The van der Waals surface area contributed by atoms with Crippen molar-refractivity contribution in [2.45, 2.75) is 19.4 Å². The first-order chi connectivity index (χ1) is 10.1. The first-order valence-corrected chi connectivity index (χ1v) is 7.16. The molecule has 4 nitrogen and oxygen atoms in total. The molecule has 0 aliphatic heterocycles. The number of hydrogen-bond acceptors (Lipinski definition) is 3. The lowest BCUT2D eigenvalue weighted by Gasteiger charge is -2.15. The lowest BCUT2D eigenvalue weighted by molar-refractivity contribution is 0.0940. The van der Waals surface area contributed by atoms with Crippen LogP contribution in [0.4, 0.5) is 5.82 Å². The van der Waals surface area contributed by atoms with Crippen molar-refractivity contribution < 1.29 is 4.79 Å². The largest absolute Gasteiger partial charge is 0.373 e. The van der Waals surface area contributed by atoms with Crippen LogP contribution in [0.25, 0.3) is 0 Å². The van der Waals surface area contributed by atoms with Crippen LogP contribution in [0.3, 0.4) is 0 Å². The Kier molecular flexibility index (Phi) is 5.17. The third kappa shape index (κ3) is 4.20. The van der Waals surface area contributed by atoms with E-state index in [1.54, 1.807) is 13.1 Å². The van der Waals surface area contributed by atoms with Gasteiger partial charge in [0, 0.05) is 19.3 Å². The Bertz CT molecular complexity index is 616. The molecule has 1 amide bonds. The number of carbonyl (C=O) groups is 1. The second-order valence-corrected chi connectivity index (χ2v) is 5.27. The molecule has 21 heavy (non-hydrogen) atoms. The SMILES string of the molecule is CNc1cc(C(=O)NC(C)Cc2ccccc2)c(Cl)cn1. The van der Waals surface area contributed by atoms with Crippen molar-refractivity contribution in [1.82, 2.24) is 10.3 Å². The van der Waals surface area contributed by atoms with Gasteiger partial charge >= 0.3 is 0 Å². The summed E-state index contributed by atoms with van der Waals surface area (Å²) in [5, 5.41) is 6.20. The van der Waals surface area contributed by atoms with Crippen LogP contribution in [0.15, 0.2) is 42.6 Å². The molecule has 2 N–H and O–H groups in total. The first-order valence-electron chi connectivity index (χ1n) is 6.78. The summed E-state index contributed by atoms with van der Waals surface area (Å²) in [6.45, 7) is 1.97. The van der Waals surface area contributed by atoms with E-state index < -0.39 is 0 Å². The molecule has 1 heterocycles. The summed E-state index contributed by atoms with van der Waals surface area (Å²) >= 11 is 6.04. The molecule has 1 aromatic carbocycles. The van der Waals surface area contributed by atoms with Gasteiger partial charge in [-0.3, -0.25) is 4.79 Å². The van der Waals surface area contributed by atoms with Gasteiger partial charge in [0.05, 0.1) is 10.6 Å². The van der Waals surface area contributed by atoms with E-state index in [1.165, 1.54) is 11.8 Å². The Morgan fingerprint density at radius 1 is 1.33 bits per heavy atom. The van der Waals surface area contributed by atoms with Crippen LogP contribution in [0.5, 0.6) is 0 Å². The third-order valence-electron chi connectivity index (χ3n) is 3.12. The fourth-order valence-electron chi connectivity index (χ4n) is 2.07. The number of pyridine rings is 1. The van der Waals surface area contributed by atoms with Crippen LogP contribution in [0.1, 0.15) is 22.8 Å². The van der Waals surface area contributed by atoms with Crippen molar-refractivity contribution in [3.8, 4) is 0 Å². The molecule has 0 radical (unpaired) electrons. The van der Waals surface area contributed by atoms with Crippen LogP contribution in [-0.2, 0) is 6.42 Å².